The molecule has 0 radical (unpaired) electrons. The molecule has 0 aliphatic carbocycles. The minimum absolute atomic E-state index is 0.0753. The van der Waals surface area contributed by atoms with E-state index in [0.717, 1.165) is 31.6 Å². The number of ether oxygens (including phenoxy) is 1. The molecule has 3 N–H and O–H groups in total. The Hall–Kier alpha value is -1.46. The van der Waals surface area contributed by atoms with Gasteiger partial charge in [0.1, 0.15) is 0 Å². The zero-order chi connectivity index (χ0) is 13.8. The number of methoxy groups -OCH3 is 1. The summed E-state index contributed by atoms with van der Waals surface area (Å²) in [6.45, 7) is 1.76. The highest BCUT2D eigenvalue weighted by Crippen LogP contribution is 2.27. The predicted octanol–water partition coefficient (Wildman–Crippen LogP) is 2.05. The van der Waals surface area contributed by atoms with Gasteiger partial charge in [0.05, 0.1) is 6.10 Å². The van der Waals surface area contributed by atoms with Gasteiger partial charge in [0, 0.05) is 36.5 Å². The normalized spacial score (nSPS) is 17.8. The van der Waals surface area contributed by atoms with Gasteiger partial charge in [-0.1, -0.05) is 16.8 Å². The highest BCUT2D eigenvalue weighted by atomic mass is 35.5. The lowest BCUT2D eigenvalue weighted by Gasteiger charge is -2.34. The Morgan fingerprint density at radius 1 is 1.47 bits per heavy atom. The van der Waals surface area contributed by atoms with E-state index in [4.69, 9.17) is 27.3 Å². The van der Waals surface area contributed by atoms with E-state index in [9.17, 15) is 0 Å². The van der Waals surface area contributed by atoms with Crippen molar-refractivity contribution in [1.82, 2.24) is 0 Å². The molecule has 0 bridgehead atoms. The Morgan fingerprint density at radius 2 is 2.16 bits per heavy atom. The quantitative estimate of drug-likeness (QED) is 0.385. The molecule has 0 amide bonds. The maximum atomic E-state index is 8.86. The van der Waals surface area contributed by atoms with E-state index in [1.807, 2.05) is 12.1 Å². The van der Waals surface area contributed by atoms with Crippen molar-refractivity contribution in [2.45, 2.75) is 18.9 Å². The van der Waals surface area contributed by atoms with Gasteiger partial charge in [-0.25, -0.2) is 0 Å². The van der Waals surface area contributed by atoms with E-state index in [0.29, 0.717) is 16.7 Å². The number of hydrogen-bond acceptors (Lipinski definition) is 4. The van der Waals surface area contributed by atoms with Gasteiger partial charge in [0.25, 0.3) is 0 Å². The third-order valence-corrected chi connectivity index (χ3v) is 3.69. The summed E-state index contributed by atoms with van der Waals surface area (Å²) in [5, 5.41) is 12.5. The molecule has 1 aromatic carbocycles. The molecular weight excluding hydrogens is 266 g/mol. The number of oxime groups is 1. The molecule has 2 rings (SSSR count). The summed E-state index contributed by atoms with van der Waals surface area (Å²) in [7, 11) is 1.74. The van der Waals surface area contributed by atoms with E-state index < -0.39 is 0 Å². The van der Waals surface area contributed by atoms with Crippen LogP contribution in [0.5, 0.6) is 0 Å². The third kappa shape index (κ3) is 3.11. The Balaban J connectivity index is 2.25. The Kier molecular flexibility index (Phi) is 4.50. The van der Waals surface area contributed by atoms with E-state index in [1.54, 1.807) is 13.2 Å². The van der Waals surface area contributed by atoms with Gasteiger partial charge in [0.2, 0.25) is 0 Å². The van der Waals surface area contributed by atoms with E-state index in [-0.39, 0.29) is 5.84 Å². The number of hydrogen-bond donors (Lipinski definition) is 2. The second-order valence-electron chi connectivity index (χ2n) is 4.57. The minimum atomic E-state index is 0.0753. The topological polar surface area (TPSA) is 71.1 Å². The summed E-state index contributed by atoms with van der Waals surface area (Å²) in [6.07, 6.45) is 2.25. The summed E-state index contributed by atoms with van der Waals surface area (Å²) in [6, 6.07) is 5.44. The second-order valence-corrected chi connectivity index (χ2v) is 5.01. The molecule has 6 heteroatoms. The highest BCUT2D eigenvalue weighted by molar-refractivity contribution is 6.31. The van der Waals surface area contributed by atoms with Crippen LogP contribution in [0.15, 0.2) is 23.4 Å². The molecule has 0 saturated carbocycles. The lowest BCUT2D eigenvalue weighted by molar-refractivity contribution is 0.0819. The maximum absolute atomic E-state index is 8.86. The van der Waals surface area contributed by atoms with E-state index in [2.05, 4.69) is 10.1 Å². The van der Waals surface area contributed by atoms with Crippen LogP contribution in [0.2, 0.25) is 5.02 Å². The molecule has 1 aliphatic heterocycles. The molecule has 0 spiro atoms. The molecule has 5 nitrogen and oxygen atoms in total. The minimum Gasteiger partial charge on any atom is -0.409 e. The Morgan fingerprint density at radius 3 is 2.74 bits per heavy atom. The van der Waals surface area contributed by atoms with Crippen molar-refractivity contribution < 1.29 is 9.94 Å². The van der Waals surface area contributed by atoms with Crippen LogP contribution in [0, 0.1) is 0 Å². The molecular formula is C13H18ClN3O2. The van der Waals surface area contributed by atoms with E-state index >= 15 is 0 Å². The molecule has 1 fully saturated rings. The first-order valence-electron chi connectivity index (χ1n) is 6.21. The largest absolute Gasteiger partial charge is 0.409 e. The summed E-state index contributed by atoms with van der Waals surface area (Å²) in [5.41, 5.74) is 7.31. The van der Waals surface area contributed by atoms with Crippen molar-refractivity contribution in [2.24, 2.45) is 10.9 Å². The van der Waals surface area contributed by atoms with Crippen molar-refractivity contribution in [3.05, 3.63) is 28.8 Å². The number of nitrogens with two attached hydrogens (primary N) is 1. The van der Waals surface area contributed by atoms with Gasteiger partial charge in [-0.15, -0.1) is 0 Å². The van der Waals surface area contributed by atoms with Gasteiger partial charge in [-0.05, 0) is 31.0 Å². The number of benzene rings is 1. The average Bonchev–Trinajstić information content (AvgIpc) is 2.46. The summed E-state index contributed by atoms with van der Waals surface area (Å²) >= 11 is 5.97. The number of amidine groups is 1. The molecule has 0 unspecified atom stereocenters. The Bertz CT molecular complexity index is 471. The fourth-order valence-electron chi connectivity index (χ4n) is 2.38. The van der Waals surface area contributed by atoms with Crippen LogP contribution in [-0.2, 0) is 4.74 Å². The molecule has 1 saturated heterocycles. The van der Waals surface area contributed by atoms with Crippen LogP contribution < -0.4 is 10.6 Å². The van der Waals surface area contributed by atoms with Crippen LogP contribution in [0.25, 0.3) is 0 Å². The number of halogens is 1. The molecule has 0 atom stereocenters. The third-order valence-electron chi connectivity index (χ3n) is 3.46. The van der Waals surface area contributed by atoms with Gasteiger partial charge in [-0.2, -0.15) is 0 Å². The van der Waals surface area contributed by atoms with Crippen LogP contribution >= 0.6 is 11.6 Å². The van der Waals surface area contributed by atoms with Gasteiger partial charge < -0.3 is 20.6 Å². The van der Waals surface area contributed by atoms with Crippen molar-refractivity contribution in [2.75, 3.05) is 25.1 Å². The zero-order valence-corrected chi connectivity index (χ0v) is 11.6. The standard InChI is InChI=1S/C13H18ClN3O2/c1-19-10-4-6-17(7-5-10)12-3-2-9(14)8-11(12)13(15)16-18/h2-3,8,10,18H,4-7H2,1H3,(H2,15,16). The summed E-state index contributed by atoms with van der Waals surface area (Å²) in [5.74, 6) is 0.0753. The zero-order valence-electron chi connectivity index (χ0n) is 10.8. The predicted molar refractivity (Wildman–Crippen MR) is 76.2 cm³/mol. The van der Waals surface area contributed by atoms with Gasteiger partial charge in [-0.3, -0.25) is 0 Å². The first kappa shape index (κ1) is 14.0. The average molecular weight is 284 g/mol. The van der Waals surface area contributed by atoms with Crippen molar-refractivity contribution >= 4 is 23.1 Å². The van der Waals surface area contributed by atoms with Crippen LogP contribution in [0.3, 0.4) is 0 Å². The van der Waals surface area contributed by atoms with E-state index in [1.165, 1.54) is 0 Å². The molecule has 1 heterocycles. The van der Waals surface area contributed by atoms with Crippen LogP contribution in [-0.4, -0.2) is 37.3 Å². The second kappa shape index (κ2) is 6.12. The molecule has 0 aromatic heterocycles. The fourth-order valence-corrected chi connectivity index (χ4v) is 2.55. The molecule has 1 aromatic rings. The van der Waals surface area contributed by atoms with Gasteiger partial charge in [0.15, 0.2) is 5.84 Å². The van der Waals surface area contributed by atoms with Crippen molar-refractivity contribution in [3.8, 4) is 0 Å². The van der Waals surface area contributed by atoms with Gasteiger partial charge >= 0.3 is 0 Å². The lowest BCUT2D eigenvalue weighted by atomic mass is 10.0. The number of anilines is 1. The summed E-state index contributed by atoms with van der Waals surface area (Å²) in [4.78, 5) is 2.21. The van der Waals surface area contributed by atoms with Crippen LogP contribution in [0.1, 0.15) is 18.4 Å². The Labute approximate surface area is 117 Å². The first-order chi connectivity index (χ1) is 9.15. The maximum Gasteiger partial charge on any atom is 0.172 e. The smallest absolute Gasteiger partial charge is 0.172 e. The fraction of sp³-hybridized carbons (Fsp3) is 0.462. The van der Waals surface area contributed by atoms with Crippen LogP contribution in [0.4, 0.5) is 5.69 Å². The number of rotatable bonds is 3. The monoisotopic (exact) mass is 283 g/mol. The SMILES string of the molecule is COC1CCN(c2ccc(Cl)cc2/C(N)=N/O)CC1. The molecule has 19 heavy (non-hydrogen) atoms. The number of piperidine rings is 1. The molecule has 1 aliphatic rings. The molecule has 104 valence electrons. The summed E-state index contributed by atoms with van der Waals surface area (Å²) < 4.78 is 5.36. The lowest BCUT2D eigenvalue weighted by Crippen LogP contribution is -2.37. The van der Waals surface area contributed by atoms with Crippen molar-refractivity contribution in [3.63, 3.8) is 0 Å². The van der Waals surface area contributed by atoms with Crippen molar-refractivity contribution in [1.29, 1.82) is 0 Å². The first-order valence-corrected chi connectivity index (χ1v) is 6.58. The highest BCUT2D eigenvalue weighted by Gasteiger charge is 2.21. The number of nitrogens with zero attached hydrogens (tertiary/aromatic N) is 2.